The smallest absolute Gasteiger partial charge is 0.331 e. The Morgan fingerprint density at radius 2 is 1.64 bits per heavy atom. The molecule has 0 saturated carbocycles. The zero-order valence-electron chi connectivity index (χ0n) is 15.6. The van der Waals surface area contributed by atoms with Gasteiger partial charge in [0.2, 0.25) is 0 Å². The van der Waals surface area contributed by atoms with Gasteiger partial charge in [-0.25, -0.2) is 4.79 Å². The molecule has 0 amide bonds. The number of aromatic nitrogens is 2. The maximum absolute atomic E-state index is 12.6. The summed E-state index contributed by atoms with van der Waals surface area (Å²) in [4.78, 5) is 29.7. The van der Waals surface area contributed by atoms with Crippen molar-refractivity contribution in [1.29, 1.82) is 0 Å². The van der Waals surface area contributed by atoms with Gasteiger partial charge in [0.1, 0.15) is 12.5 Å². The Morgan fingerprint density at radius 1 is 0.929 bits per heavy atom. The molecule has 0 saturated heterocycles. The van der Waals surface area contributed by atoms with Gasteiger partial charge in [-0.15, -0.1) is 0 Å². The van der Waals surface area contributed by atoms with Gasteiger partial charge in [0.25, 0.3) is 5.56 Å². The number of fused-ring (bicyclic) bond motifs is 1. The summed E-state index contributed by atoms with van der Waals surface area (Å²) in [5.41, 5.74) is 1.89. The van der Waals surface area contributed by atoms with Crippen molar-refractivity contribution in [3.63, 3.8) is 0 Å². The minimum Gasteiger partial charge on any atom is -0.356 e. The molecule has 1 aliphatic heterocycles. The molecule has 0 aliphatic carbocycles. The SMILES string of the molecule is O=c1[nH]c(=O)n(COCc2ccccc2)c2c1CCCCN2c1ccccc1. The average Bonchev–Trinajstić information content (AvgIpc) is 2.95. The second kappa shape index (κ2) is 8.27. The zero-order chi connectivity index (χ0) is 19.3. The summed E-state index contributed by atoms with van der Waals surface area (Å²) in [6, 6.07) is 19.7. The average molecular weight is 377 g/mol. The van der Waals surface area contributed by atoms with Crippen LogP contribution in [0.1, 0.15) is 24.0 Å². The van der Waals surface area contributed by atoms with Crippen LogP contribution in [0.4, 0.5) is 11.5 Å². The molecule has 0 fully saturated rings. The van der Waals surface area contributed by atoms with Gasteiger partial charge in [-0.3, -0.25) is 14.3 Å². The fourth-order valence-corrected chi connectivity index (χ4v) is 3.62. The van der Waals surface area contributed by atoms with Crippen molar-refractivity contribution in [2.75, 3.05) is 11.4 Å². The molecule has 3 aromatic rings. The number of ether oxygens (including phenoxy) is 1. The van der Waals surface area contributed by atoms with E-state index in [9.17, 15) is 9.59 Å². The molecule has 0 radical (unpaired) electrons. The molecule has 0 unspecified atom stereocenters. The molecular weight excluding hydrogens is 354 g/mol. The molecule has 0 spiro atoms. The van der Waals surface area contributed by atoms with E-state index in [4.69, 9.17) is 4.74 Å². The number of rotatable bonds is 5. The van der Waals surface area contributed by atoms with E-state index < -0.39 is 5.69 Å². The number of para-hydroxylation sites is 1. The third-order valence-electron chi connectivity index (χ3n) is 4.98. The van der Waals surface area contributed by atoms with Gasteiger partial charge < -0.3 is 9.64 Å². The molecule has 28 heavy (non-hydrogen) atoms. The van der Waals surface area contributed by atoms with E-state index >= 15 is 0 Å². The van der Waals surface area contributed by atoms with E-state index in [0.29, 0.717) is 24.4 Å². The number of H-pyrrole nitrogens is 1. The van der Waals surface area contributed by atoms with Crippen LogP contribution in [0.3, 0.4) is 0 Å². The summed E-state index contributed by atoms with van der Waals surface area (Å²) >= 11 is 0. The van der Waals surface area contributed by atoms with Crippen molar-refractivity contribution in [3.05, 3.63) is 92.6 Å². The predicted molar refractivity (Wildman–Crippen MR) is 109 cm³/mol. The topological polar surface area (TPSA) is 67.3 Å². The summed E-state index contributed by atoms with van der Waals surface area (Å²) in [5.74, 6) is 0.644. The van der Waals surface area contributed by atoms with Crippen LogP contribution in [-0.4, -0.2) is 16.1 Å². The van der Waals surface area contributed by atoms with E-state index in [1.165, 1.54) is 4.57 Å². The van der Waals surface area contributed by atoms with E-state index in [2.05, 4.69) is 9.88 Å². The Bertz CT molecular complexity index is 1040. The lowest BCUT2D eigenvalue weighted by Crippen LogP contribution is -2.37. The van der Waals surface area contributed by atoms with Crippen LogP contribution in [-0.2, 0) is 24.5 Å². The molecule has 0 atom stereocenters. The van der Waals surface area contributed by atoms with Crippen LogP contribution in [0.5, 0.6) is 0 Å². The van der Waals surface area contributed by atoms with Crippen LogP contribution >= 0.6 is 0 Å². The first-order valence-corrected chi connectivity index (χ1v) is 9.54. The van der Waals surface area contributed by atoms with Crippen molar-refractivity contribution in [3.8, 4) is 0 Å². The molecule has 1 N–H and O–H groups in total. The molecule has 1 aromatic heterocycles. The van der Waals surface area contributed by atoms with Gasteiger partial charge >= 0.3 is 5.69 Å². The van der Waals surface area contributed by atoms with Crippen molar-refractivity contribution in [1.82, 2.24) is 9.55 Å². The Hall–Kier alpha value is -3.12. The molecule has 0 bridgehead atoms. The lowest BCUT2D eigenvalue weighted by molar-refractivity contribution is 0.0616. The van der Waals surface area contributed by atoms with Crippen molar-refractivity contribution >= 4 is 11.5 Å². The lowest BCUT2D eigenvalue weighted by atomic mass is 10.1. The van der Waals surface area contributed by atoms with Crippen LogP contribution in [0.25, 0.3) is 0 Å². The minimum atomic E-state index is -0.445. The quantitative estimate of drug-likeness (QED) is 0.742. The van der Waals surface area contributed by atoms with Gasteiger partial charge in [-0.2, -0.15) is 0 Å². The summed E-state index contributed by atoms with van der Waals surface area (Å²) in [6.45, 7) is 1.22. The monoisotopic (exact) mass is 377 g/mol. The number of nitrogens with zero attached hydrogens (tertiary/aromatic N) is 2. The highest BCUT2D eigenvalue weighted by atomic mass is 16.5. The first kappa shape index (κ1) is 18.3. The maximum Gasteiger partial charge on any atom is 0.331 e. The predicted octanol–water partition coefficient (Wildman–Crippen LogP) is 3.19. The molecule has 144 valence electrons. The molecule has 1 aliphatic rings. The number of aromatic amines is 1. The van der Waals surface area contributed by atoms with E-state index in [1.807, 2.05) is 60.7 Å². The number of anilines is 2. The highest BCUT2D eigenvalue weighted by Crippen LogP contribution is 2.30. The summed E-state index contributed by atoms with van der Waals surface area (Å²) in [7, 11) is 0. The van der Waals surface area contributed by atoms with Crippen LogP contribution < -0.4 is 16.1 Å². The highest BCUT2D eigenvalue weighted by Gasteiger charge is 2.24. The van der Waals surface area contributed by atoms with Crippen molar-refractivity contribution < 1.29 is 4.74 Å². The second-order valence-electron chi connectivity index (χ2n) is 6.90. The Kier molecular flexibility index (Phi) is 5.39. The van der Waals surface area contributed by atoms with E-state index in [0.717, 1.165) is 30.6 Å². The molecule has 6 nitrogen and oxygen atoms in total. The van der Waals surface area contributed by atoms with Crippen molar-refractivity contribution in [2.24, 2.45) is 0 Å². The van der Waals surface area contributed by atoms with Crippen LogP contribution in [0, 0.1) is 0 Å². The molecule has 2 heterocycles. The van der Waals surface area contributed by atoms with Gasteiger partial charge in [0.15, 0.2) is 0 Å². The summed E-state index contributed by atoms with van der Waals surface area (Å²) < 4.78 is 7.37. The minimum absolute atomic E-state index is 0.0795. The fourth-order valence-electron chi connectivity index (χ4n) is 3.62. The van der Waals surface area contributed by atoms with E-state index in [1.54, 1.807) is 0 Å². The summed E-state index contributed by atoms with van der Waals surface area (Å²) in [5, 5.41) is 0. The Balaban J connectivity index is 1.72. The number of benzene rings is 2. The second-order valence-corrected chi connectivity index (χ2v) is 6.90. The molecule has 2 aromatic carbocycles. The highest BCUT2D eigenvalue weighted by molar-refractivity contribution is 5.63. The normalized spacial score (nSPS) is 13.8. The Morgan fingerprint density at radius 3 is 2.39 bits per heavy atom. The first-order chi connectivity index (χ1) is 13.7. The molecule has 4 rings (SSSR count). The fraction of sp³-hybridized carbons (Fsp3) is 0.273. The number of hydrogen-bond donors (Lipinski definition) is 1. The van der Waals surface area contributed by atoms with Crippen molar-refractivity contribution in [2.45, 2.75) is 32.6 Å². The number of hydrogen-bond acceptors (Lipinski definition) is 4. The molecular formula is C22H23N3O3. The lowest BCUT2D eigenvalue weighted by Gasteiger charge is -2.27. The van der Waals surface area contributed by atoms with E-state index in [-0.39, 0.29) is 12.3 Å². The van der Waals surface area contributed by atoms with Gasteiger partial charge in [-0.05, 0) is 37.0 Å². The maximum atomic E-state index is 12.6. The number of nitrogens with one attached hydrogen (secondary N) is 1. The summed E-state index contributed by atoms with van der Waals surface area (Å²) in [6.07, 6.45) is 2.50. The third kappa shape index (κ3) is 3.77. The standard InChI is InChI=1S/C22H23N3O3/c26-20-19-13-7-8-14-24(18-11-5-2-6-12-18)21(19)25(22(27)23-20)16-28-15-17-9-3-1-4-10-17/h1-6,9-12H,7-8,13-16H2,(H,23,26,27). The van der Waals surface area contributed by atoms with Crippen LogP contribution in [0.15, 0.2) is 70.3 Å². The van der Waals surface area contributed by atoms with Gasteiger partial charge in [0.05, 0.1) is 12.2 Å². The zero-order valence-corrected chi connectivity index (χ0v) is 15.6. The van der Waals surface area contributed by atoms with Crippen LogP contribution in [0.2, 0.25) is 0 Å². The largest absolute Gasteiger partial charge is 0.356 e. The first-order valence-electron chi connectivity index (χ1n) is 9.54. The molecule has 6 heteroatoms. The Labute approximate surface area is 163 Å². The van der Waals surface area contributed by atoms with Gasteiger partial charge in [0, 0.05) is 12.2 Å². The third-order valence-corrected chi connectivity index (χ3v) is 4.98. The van der Waals surface area contributed by atoms with Gasteiger partial charge in [-0.1, -0.05) is 48.5 Å².